The van der Waals surface area contributed by atoms with Crippen molar-refractivity contribution in [1.29, 1.82) is 0 Å². The van der Waals surface area contributed by atoms with Gasteiger partial charge >= 0.3 is 0 Å². The summed E-state index contributed by atoms with van der Waals surface area (Å²) in [6, 6.07) is 8.86. The Morgan fingerprint density at radius 1 is 1.03 bits per heavy atom. The first kappa shape index (κ1) is 26.4. The summed E-state index contributed by atoms with van der Waals surface area (Å²) in [6.07, 6.45) is 7.06. The summed E-state index contributed by atoms with van der Waals surface area (Å²) in [5.74, 6) is 2.18. The van der Waals surface area contributed by atoms with E-state index in [1.807, 2.05) is 18.8 Å². The largest absolute Gasteiger partial charge is 0.369 e. The molecule has 2 rings (SSSR count). The summed E-state index contributed by atoms with van der Waals surface area (Å²) >= 11 is 1.92. The minimum atomic E-state index is 0. The average molecular weight is 534 g/mol. The number of halogens is 1. The number of rotatable bonds is 11. The molecular weight excluding hydrogens is 493 g/mol. The predicted octanol–water partition coefficient (Wildman–Crippen LogP) is 3.82. The highest BCUT2D eigenvalue weighted by Gasteiger charge is 2.16. The van der Waals surface area contributed by atoms with Gasteiger partial charge in [0.2, 0.25) is 0 Å². The molecule has 0 bridgehead atoms. The van der Waals surface area contributed by atoms with Gasteiger partial charge in [0.1, 0.15) is 0 Å². The first-order chi connectivity index (χ1) is 13.7. The van der Waals surface area contributed by atoms with E-state index in [4.69, 9.17) is 0 Å². The monoisotopic (exact) mass is 533 g/mol. The number of piperazine rings is 1. The standard InChI is InChI=1S/C22H39N5S.HI/c1-20-9-8-10-21(19-20)27-16-14-26(15-17-27)13-6-4-11-24-22(23-2)25-12-5-7-18-28-3;/h8-10,19H,4-7,11-18H2,1-3H3,(H2,23,24,25);1H. The molecule has 0 unspecified atom stereocenters. The zero-order valence-corrected chi connectivity index (χ0v) is 21.6. The normalized spacial score (nSPS) is 15.1. The van der Waals surface area contributed by atoms with Gasteiger partial charge in [0, 0.05) is 52.0 Å². The second-order valence-electron chi connectivity index (χ2n) is 7.50. The molecule has 1 aromatic carbocycles. The summed E-state index contributed by atoms with van der Waals surface area (Å²) in [4.78, 5) is 9.43. The molecule has 0 amide bonds. The fourth-order valence-corrected chi connectivity index (χ4v) is 4.01. The summed E-state index contributed by atoms with van der Waals surface area (Å²) in [5.41, 5.74) is 2.72. The topological polar surface area (TPSA) is 42.9 Å². The van der Waals surface area contributed by atoms with E-state index in [0.29, 0.717) is 0 Å². The number of nitrogens with one attached hydrogen (secondary N) is 2. The van der Waals surface area contributed by atoms with Crippen LogP contribution in [0.15, 0.2) is 29.3 Å². The Labute approximate surface area is 199 Å². The highest BCUT2D eigenvalue weighted by Crippen LogP contribution is 2.17. The van der Waals surface area contributed by atoms with Gasteiger partial charge in [0.15, 0.2) is 5.96 Å². The van der Waals surface area contributed by atoms with E-state index in [1.165, 1.54) is 62.3 Å². The van der Waals surface area contributed by atoms with Crippen LogP contribution in [0.3, 0.4) is 0 Å². The van der Waals surface area contributed by atoms with Crippen molar-refractivity contribution in [2.75, 3.05) is 69.8 Å². The van der Waals surface area contributed by atoms with Crippen molar-refractivity contribution in [3.8, 4) is 0 Å². The van der Waals surface area contributed by atoms with Gasteiger partial charge in [0.05, 0.1) is 0 Å². The summed E-state index contributed by atoms with van der Waals surface area (Å²) < 4.78 is 0. The van der Waals surface area contributed by atoms with Crippen LogP contribution in [0, 0.1) is 6.92 Å². The van der Waals surface area contributed by atoms with Crippen molar-refractivity contribution in [2.45, 2.75) is 32.6 Å². The number of hydrogen-bond donors (Lipinski definition) is 2. The molecule has 1 aliphatic heterocycles. The SMILES string of the molecule is CN=C(NCCCCSC)NCCCCN1CCN(c2cccc(C)c2)CC1.I. The minimum Gasteiger partial charge on any atom is -0.369 e. The number of nitrogens with zero attached hydrogens (tertiary/aromatic N) is 3. The fraction of sp³-hybridized carbons (Fsp3) is 0.682. The van der Waals surface area contributed by atoms with E-state index in [-0.39, 0.29) is 24.0 Å². The van der Waals surface area contributed by atoms with E-state index in [2.05, 4.69) is 62.9 Å². The lowest BCUT2D eigenvalue weighted by Gasteiger charge is -2.36. The van der Waals surface area contributed by atoms with Gasteiger partial charge in [-0.25, -0.2) is 0 Å². The van der Waals surface area contributed by atoms with Gasteiger partial charge in [-0.3, -0.25) is 9.89 Å². The van der Waals surface area contributed by atoms with Crippen molar-refractivity contribution >= 4 is 47.4 Å². The van der Waals surface area contributed by atoms with Crippen molar-refractivity contribution in [1.82, 2.24) is 15.5 Å². The number of aliphatic imine (C=N–C) groups is 1. The molecule has 2 N–H and O–H groups in total. The molecule has 0 spiro atoms. The third kappa shape index (κ3) is 10.8. The van der Waals surface area contributed by atoms with E-state index >= 15 is 0 Å². The first-order valence-corrected chi connectivity index (χ1v) is 12.1. The Morgan fingerprint density at radius 2 is 1.72 bits per heavy atom. The van der Waals surface area contributed by atoms with Gasteiger partial charge in [-0.15, -0.1) is 24.0 Å². The number of anilines is 1. The van der Waals surface area contributed by atoms with Gasteiger partial charge in [-0.1, -0.05) is 12.1 Å². The Kier molecular flexibility index (Phi) is 14.6. The van der Waals surface area contributed by atoms with E-state index in [9.17, 15) is 0 Å². The summed E-state index contributed by atoms with van der Waals surface area (Å²) in [5, 5.41) is 6.85. The summed E-state index contributed by atoms with van der Waals surface area (Å²) in [7, 11) is 1.85. The smallest absolute Gasteiger partial charge is 0.190 e. The van der Waals surface area contributed by atoms with Crippen LogP contribution in [0.4, 0.5) is 5.69 Å². The molecule has 0 atom stereocenters. The van der Waals surface area contributed by atoms with Gasteiger partial charge < -0.3 is 15.5 Å². The zero-order chi connectivity index (χ0) is 20.0. The molecule has 1 heterocycles. The predicted molar refractivity (Wildman–Crippen MR) is 141 cm³/mol. The number of unbranched alkanes of at least 4 members (excludes halogenated alkanes) is 2. The van der Waals surface area contributed by atoms with Crippen LogP contribution in [-0.4, -0.2) is 75.7 Å². The average Bonchev–Trinajstić information content (AvgIpc) is 2.72. The van der Waals surface area contributed by atoms with Crippen molar-refractivity contribution in [3.63, 3.8) is 0 Å². The van der Waals surface area contributed by atoms with Crippen molar-refractivity contribution < 1.29 is 0 Å². The lowest BCUT2D eigenvalue weighted by molar-refractivity contribution is 0.253. The molecule has 1 fully saturated rings. The molecule has 0 aliphatic carbocycles. The Morgan fingerprint density at radius 3 is 2.34 bits per heavy atom. The van der Waals surface area contributed by atoms with Crippen molar-refractivity contribution in [3.05, 3.63) is 29.8 Å². The minimum absolute atomic E-state index is 0. The molecular formula is C22H40IN5S. The van der Waals surface area contributed by atoms with Crippen LogP contribution in [0.25, 0.3) is 0 Å². The van der Waals surface area contributed by atoms with E-state index in [0.717, 1.165) is 32.1 Å². The maximum absolute atomic E-state index is 4.31. The van der Waals surface area contributed by atoms with Gasteiger partial charge in [0.25, 0.3) is 0 Å². The van der Waals surface area contributed by atoms with E-state index < -0.39 is 0 Å². The quantitative estimate of drug-likeness (QED) is 0.196. The van der Waals surface area contributed by atoms with Crippen LogP contribution in [0.5, 0.6) is 0 Å². The van der Waals surface area contributed by atoms with Crippen LogP contribution in [-0.2, 0) is 0 Å². The maximum atomic E-state index is 4.31. The zero-order valence-electron chi connectivity index (χ0n) is 18.5. The molecule has 0 saturated carbocycles. The maximum Gasteiger partial charge on any atom is 0.190 e. The van der Waals surface area contributed by atoms with Gasteiger partial charge in [-0.2, -0.15) is 11.8 Å². The highest BCUT2D eigenvalue weighted by molar-refractivity contribution is 14.0. The third-order valence-electron chi connectivity index (χ3n) is 5.22. The Balaban J connectivity index is 0.00000420. The summed E-state index contributed by atoms with van der Waals surface area (Å²) in [6.45, 7) is 9.97. The number of aryl methyl sites for hydroxylation is 1. The highest BCUT2D eigenvalue weighted by atomic mass is 127. The number of benzene rings is 1. The molecule has 0 radical (unpaired) electrons. The molecule has 29 heavy (non-hydrogen) atoms. The lowest BCUT2D eigenvalue weighted by atomic mass is 10.2. The second kappa shape index (κ2) is 16.1. The lowest BCUT2D eigenvalue weighted by Crippen LogP contribution is -2.46. The van der Waals surface area contributed by atoms with Gasteiger partial charge in [-0.05, 0) is 68.9 Å². The van der Waals surface area contributed by atoms with Crippen LogP contribution in [0.2, 0.25) is 0 Å². The number of thioether (sulfide) groups is 1. The molecule has 1 saturated heterocycles. The first-order valence-electron chi connectivity index (χ1n) is 10.7. The molecule has 1 aliphatic rings. The molecule has 7 heteroatoms. The Hall–Kier alpha value is -0.670. The molecule has 166 valence electrons. The molecule has 1 aromatic rings. The molecule has 5 nitrogen and oxygen atoms in total. The fourth-order valence-electron chi connectivity index (χ4n) is 3.52. The second-order valence-corrected chi connectivity index (χ2v) is 8.49. The van der Waals surface area contributed by atoms with Crippen LogP contribution in [0.1, 0.15) is 31.2 Å². The van der Waals surface area contributed by atoms with Crippen LogP contribution < -0.4 is 15.5 Å². The number of hydrogen-bond acceptors (Lipinski definition) is 4. The Bertz CT molecular complexity index is 576. The number of guanidine groups is 1. The van der Waals surface area contributed by atoms with Crippen LogP contribution >= 0.6 is 35.7 Å². The third-order valence-corrected chi connectivity index (χ3v) is 5.92. The van der Waals surface area contributed by atoms with E-state index in [1.54, 1.807) is 0 Å². The molecule has 0 aromatic heterocycles. The van der Waals surface area contributed by atoms with Crippen molar-refractivity contribution in [2.24, 2.45) is 4.99 Å².